The molecule has 0 radical (unpaired) electrons. The zero-order valence-electron chi connectivity index (χ0n) is 11.4. The summed E-state index contributed by atoms with van der Waals surface area (Å²) >= 11 is 5.81. The van der Waals surface area contributed by atoms with Crippen molar-refractivity contribution in [2.75, 3.05) is 25.6 Å². The van der Waals surface area contributed by atoms with Crippen LogP contribution in [0.3, 0.4) is 0 Å². The number of carbonyl (C=O) groups is 2. The second kappa shape index (κ2) is 6.41. The van der Waals surface area contributed by atoms with E-state index in [1.807, 2.05) is 13.8 Å². The third-order valence-electron chi connectivity index (χ3n) is 3.32. The summed E-state index contributed by atoms with van der Waals surface area (Å²) in [5.74, 6) is 0.179. The number of alkyl halides is 1. The maximum absolute atomic E-state index is 12.2. The fourth-order valence-electron chi connectivity index (χ4n) is 2.06. The van der Waals surface area contributed by atoms with Crippen LogP contribution in [0.15, 0.2) is 0 Å². The van der Waals surface area contributed by atoms with E-state index in [1.165, 1.54) is 0 Å². The Morgan fingerprint density at radius 2 is 1.89 bits per heavy atom. The van der Waals surface area contributed by atoms with Gasteiger partial charge in [-0.1, -0.05) is 0 Å². The summed E-state index contributed by atoms with van der Waals surface area (Å²) in [5.41, 5.74) is -0.529. The zero-order chi connectivity index (χ0) is 13.8. The van der Waals surface area contributed by atoms with E-state index in [1.54, 1.807) is 11.8 Å². The first-order valence-electron chi connectivity index (χ1n) is 6.44. The Kier molecular flexibility index (Phi) is 5.45. The maximum atomic E-state index is 12.2. The predicted octanol–water partition coefficient (Wildman–Crippen LogP) is 2.05. The van der Waals surface area contributed by atoms with Crippen LogP contribution in [0.4, 0.5) is 0 Å². The molecule has 104 valence electrons. The number of hydrogen-bond acceptors (Lipinski definition) is 3. The summed E-state index contributed by atoms with van der Waals surface area (Å²) in [6, 6.07) is 0. The van der Waals surface area contributed by atoms with Gasteiger partial charge in [0.05, 0.1) is 17.9 Å². The average molecular weight is 276 g/mol. The molecular formula is C13H22ClNO3. The maximum Gasteiger partial charge on any atom is 0.309 e. The Hall–Kier alpha value is -0.770. The number of halogens is 1. The summed E-state index contributed by atoms with van der Waals surface area (Å²) < 4.78 is 5.00. The largest absolute Gasteiger partial charge is 0.466 e. The summed E-state index contributed by atoms with van der Waals surface area (Å²) in [7, 11) is 0. The molecule has 0 unspecified atom stereocenters. The van der Waals surface area contributed by atoms with Crippen molar-refractivity contribution in [1.82, 2.24) is 4.90 Å². The van der Waals surface area contributed by atoms with Crippen molar-refractivity contribution >= 4 is 23.5 Å². The molecule has 18 heavy (non-hydrogen) atoms. The quantitative estimate of drug-likeness (QED) is 0.583. The molecule has 1 fully saturated rings. The molecule has 0 aromatic carbocycles. The number of rotatable bonds is 4. The van der Waals surface area contributed by atoms with Gasteiger partial charge < -0.3 is 9.64 Å². The lowest BCUT2D eigenvalue weighted by molar-refractivity contribution is -0.152. The second-order valence-corrected chi connectivity index (χ2v) is 5.60. The van der Waals surface area contributed by atoms with Gasteiger partial charge >= 0.3 is 5.97 Å². The lowest BCUT2D eigenvalue weighted by Gasteiger charge is -2.35. The van der Waals surface area contributed by atoms with Crippen LogP contribution >= 0.6 is 11.6 Å². The number of carbonyl (C=O) groups excluding carboxylic acids is 2. The topological polar surface area (TPSA) is 46.6 Å². The SMILES string of the molecule is CCOC(=O)C1CCN(C(=O)C(C)(C)CCl)CC1. The molecule has 0 aromatic rings. The smallest absolute Gasteiger partial charge is 0.309 e. The van der Waals surface area contributed by atoms with E-state index in [0.29, 0.717) is 38.4 Å². The first-order valence-corrected chi connectivity index (χ1v) is 6.97. The van der Waals surface area contributed by atoms with Gasteiger partial charge in [-0.05, 0) is 33.6 Å². The minimum Gasteiger partial charge on any atom is -0.466 e. The molecule has 1 rings (SSSR count). The molecule has 0 N–H and O–H groups in total. The molecule has 1 heterocycles. The first-order chi connectivity index (χ1) is 8.42. The van der Waals surface area contributed by atoms with Crippen molar-refractivity contribution in [2.45, 2.75) is 33.6 Å². The standard InChI is InChI=1S/C13H22ClNO3/c1-4-18-11(16)10-5-7-15(8-6-10)12(17)13(2,3)9-14/h10H,4-9H2,1-3H3. The zero-order valence-corrected chi connectivity index (χ0v) is 12.1. The van der Waals surface area contributed by atoms with Gasteiger partial charge in [0.25, 0.3) is 0 Å². The highest BCUT2D eigenvalue weighted by Gasteiger charge is 2.35. The molecule has 1 amide bonds. The van der Waals surface area contributed by atoms with Crippen LogP contribution < -0.4 is 0 Å². The van der Waals surface area contributed by atoms with E-state index in [9.17, 15) is 9.59 Å². The second-order valence-electron chi connectivity index (χ2n) is 5.34. The van der Waals surface area contributed by atoms with Crippen LogP contribution in [-0.2, 0) is 14.3 Å². The third kappa shape index (κ3) is 3.61. The molecule has 1 aliphatic rings. The molecule has 4 nitrogen and oxygen atoms in total. The van der Waals surface area contributed by atoms with Crippen molar-refractivity contribution < 1.29 is 14.3 Å². The average Bonchev–Trinajstić information content (AvgIpc) is 2.38. The van der Waals surface area contributed by atoms with Gasteiger partial charge in [0.15, 0.2) is 0 Å². The minimum absolute atomic E-state index is 0.0619. The predicted molar refractivity (Wildman–Crippen MR) is 70.4 cm³/mol. The highest BCUT2D eigenvalue weighted by Crippen LogP contribution is 2.25. The molecule has 0 saturated carbocycles. The van der Waals surface area contributed by atoms with Crippen LogP contribution in [0.25, 0.3) is 0 Å². The van der Waals surface area contributed by atoms with Gasteiger partial charge in [-0.15, -0.1) is 11.6 Å². The Morgan fingerprint density at radius 3 is 2.33 bits per heavy atom. The Morgan fingerprint density at radius 1 is 1.33 bits per heavy atom. The van der Waals surface area contributed by atoms with Crippen LogP contribution in [0, 0.1) is 11.3 Å². The molecule has 0 aliphatic carbocycles. The van der Waals surface area contributed by atoms with Crippen molar-refractivity contribution in [3.63, 3.8) is 0 Å². The molecule has 0 aromatic heterocycles. The number of ether oxygens (including phenoxy) is 1. The van der Waals surface area contributed by atoms with Crippen LogP contribution in [0.1, 0.15) is 33.6 Å². The number of nitrogens with zero attached hydrogens (tertiary/aromatic N) is 1. The summed E-state index contributed by atoms with van der Waals surface area (Å²) in [6.45, 7) is 7.14. The van der Waals surface area contributed by atoms with Crippen molar-refractivity contribution in [2.24, 2.45) is 11.3 Å². The molecule has 0 atom stereocenters. The van der Waals surface area contributed by atoms with Gasteiger partial charge in [0.2, 0.25) is 5.91 Å². The van der Waals surface area contributed by atoms with E-state index in [0.717, 1.165) is 0 Å². The summed E-state index contributed by atoms with van der Waals surface area (Å²) in [5, 5.41) is 0. The van der Waals surface area contributed by atoms with Crippen molar-refractivity contribution in [1.29, 1.82) is 0 Å². The normalized spacial score (nSPS) is 17.7. The molecular weight excluding hydrogens is 254 g/mol. The minimum atomic E-state index is -0.529. The van der Waals surface area contributed by atoms with E-state index in [2.05, 4.69) is 0 Å². The number of amides is 1. The van der Waals surface area contributed by atoms with E-state index < -0.39 is 5.41 Å². The third-order valence-corrected chi connectivity index (χ3v) is 3.98. The first kappa shape index (κ1) is 15.3. The van der Waals surface area contributed by atoms with Gasteiger partial charge in [0.1, 0.15) is 0 Å². The molecule has 1 aliphatic heterocycles. The fourth-order valence-corrected chi connectivity index (χ4v) is 2.18. The van der Waals surface area contributed by atoms with Gasteiger partial charge in [-0.2, -0.15) is 0 Å². The molecule has 1 saturated heterocycles. The van der Waals surface area contributed by atoms with Gasteiger partial charge in [-0.25, -0.2) is 0 Å². The number of hydrogen-bond donors (Lipinski definition) is 0. The van der Waals surface area contributed by atoms with Gasteiger partial charge in [-0.3, -0.25) is 9.59 Å². The molecule has 0 bridgehead atoms. The highest BCUT2D eigenvalue weighted by molar-refractivity contribution is 6.19. The van der Waals surface area contributed by atoms with Crippen molar-refractivity contribution in [3.8, 4) is 0 Å². The van der Waals surface area contributed by atoms with Crippen molar-refractivity contribution in [3.05, 3.63) is 0 Å². The monoisotopic (exact) mass is 275 g/mol. The van der Waals surface area contributed by atoms with Crippen LogP contribution in [-0.4, -0.2) is 42.4 Å². The number of likely N-dealkylation sites (tertiary alicyclic amines) is 1. The Balaban J connectivity index is 2.49. The van der Waals surface area contributed by atoms with Crippen LogP contribution in [0.5, 0.6) is 0 Å². The lowest BCUT2D eigenvalue weighted by atomic mass is 9.91. The summed E-state index contributed by atoms with van der Waals surface area (Å²) in [6.07, 6.45) is 1.37. The lowest BCUT2D eigenvalue weighted by Crippen LogP contribution is -2.46. The van der Waals surface area contributed by atoms with Gasteiger partial charge in [0, 0.05) is 19.0 Å². The van der Waals surface area contributed by atoms with Crippen LogP contribution in [0.2, 0.25) is 0 Å². The number of piperidine rings is 1. The van der Waals surface area contributed by atoms with E-state index >= 15 is 0 Å². The highest BCUT2D eigenvalue weighted by atomic mass is 35.5. The summed E-state index contributed by atoms with van der Waals surface area (Å²) in [4.78, 5) is 25.6. The molecule has 0 spiro atoms. The number of esters is 1. The molecule has 5 heteroatoms. The Labute approximate surface area is 114 Å². The Bertz CT molecular complexity index is 309. The van der Waals surface area contributed by atoms with E-state index in [-0.39, 0.29) is 17.8 Å². The fraction of sp³-hybridized carbons (Fsp3) is 0.846. The van der Waals surface area contributed by atoms with E-state index in [4.69, 9.17) is 16.3 Å².